The highest BCUT2D eigenvalue weighted by Crippen LogP contribution is 2.42. The Morgan fingerprint density at radius 1 is 1.37 bits per heavy atom. The molecule has 1 heterocycles. The minimum atomic E-state index is -0.793. The third-order valence-electron chi connectivity index (χ3n) is 3.68. The molecule has 3 rings (SSSR count). The van der Waals surface area contributed by atoms with Gasteiger partial charge in [0.2, 0.25) is 0 Å². The largest absolute Gasteiger partial charge is 0.497 e. The summed E-state index contributed by atoms with van der Waals surface area (Å²) in [5, 5.41) is 10.4. The second kappa shape index (κ2) is 4.38. The monoisotopic (exact) mass is 274 g/mol. The van der Waals surface area contributed by atoms with Crippen molar-refractivity contribution in [2.24, 2.45) is 0 Å². The standard InChI is InChI=1S/C15H14O3S/c1-8-10(15(16)17)5-6-12-11-4-3-9(18-2)7-13(11)19-14(8)12/h3-4,7H,5-6H2,1-2H3,(H,16,17). The van der Waals surface area contributed by atoms with E-state index >= 15 is 0 Å². The molecule has 0 saturated heterocycles. The Kier molecular flexibility index (Phi) is 2.82. The predicted octanol–water partition coefficient (Wildman–Crippen LogP) is 3.71. The zero-order valence-electron chi connectivity index (χ0n) is 10.8. The molecular weight excluding hydrogens is 260 g/mol. The molecule has 1 aliphatic rings. The van der Waals surface area contributed by atoms with Crippen LogP contribution in [0, 0.1) is 0 Å². The highest BCUT2D eigenvalue weighted by molar-refractivity contribution is 7.20. The molecule has 3 nitrogen and oxygen atoms in total. The number of allylic oxidation sites excluding steroid dienone is 1. The molecule has 1 aromatic heterocycles. The molecule has 0 radical (unpaired) electrons. The number of rotatable bonds is 2. The van der Waals surface area contributed by atoms with E-state index in [-0.39, 0.29) is 0 Å². The summed E-state index contributed by atoms with van der Waals surface area (Å²) in [5.41, 5.74) is 2.74. The topological polar surface area (TPSA) is 46.5 Å². The van der Waals surface area contributed by atoms with Crippen LogP contribution in [-0.4, -0.2) is 18.2 Å². The van der Waals surface area contributed by atoms with Crippen LogP contribution in [0.2, 0.25) is 0 Å². The third-order valence-corrected chi connectivity index (χ3v) is 4.99. The van der Waals surface area contributed by atoms with Gasteiger partial charge in [-0.2, -0.15) is 0 Å². The summed E-state index contributed by atoms with van der Waals surface area (Å²) in [5.74, 6) is 0.0457. The van der Waals surface area contributed by atoms with Gasteiger partial charge >= 0.3 is 5.97 Å². The van der Waals surface area contributed by atoms with Crippen LogP contribution in [0.5, 0.6) is 5.75 Å². The summed E-state index contributed by atoms with van der Waals surface area (Å²) in [6.07, 6.45) is 1.42. The van der Waals surface area contributed by atoms with Crippen LogP contribution in [0.1, 0.15) is 23.8 Å². The van der Waals surface area contributed by atoms with E-state index < -0.39 is 5.97 Å². The molecule has 2 aromatic rings. The summed E-state index contributed by atoms with van der Waals surface area (Å²) in [6.45, 7) is 1.91. The molecule has 4 heteroatoms. The van der Waals surface area contributed by atoms with Crippen LogP contribution in [0.25, 0.3) is 15.7 Å². The molecule has 0 saturated carbocycles. The van der Waals surface area contributed by atoms with E-state index in [1.54, 1.807) is 18.4 Å². The Balaban J connectivity index is 2.24. The first-order valence-corrected chi connectivity index (χ1v) is 6.96. The zero-order valence-corrected chi connectivity index (χ0v) is 11.6. The lowest BCUT2D eigenvalue weighted by Crippen LogP contribution is -2.09. The molecule has 0 amide bonds. The number of fused-ring (bicyclic) bond motifs is 3. The molecule has 0 fully saturated rings. The maximum Gasteiger partial charge on any atom is 0.331 e. The fraction of sp³-hybridized carbons (Fsp3) is 0.267. The van der Waals surface area contributed by atoms with Crippen LogP contribution < -0.4 is 4.74 Å². The average Bonchev–Trinajstić information content (AvgIpc) is 2.77. The lowest BCUT2D eigenvalue weighted by atomic mass is 9.90. The molecular formula is C15H14O3S. The van der Waals surface area contributed by atoms with E-state index in [4.69, 9.17) is 4.74 Å². The van der Waals surface area contributed by atoms with Crippen molar-refractivity contribution in [2.75, 3.05) is 7.11 Å². The molecule has 0 atom stereocenters. The van der Waals surface area contributed by atoms with Gasteiger partial charge in [-0.25, -0.2) is 4.79 Å². The van der Waals surface area contributed by atoms with E-state index in [1.807, 2.05) is 19.1 Å². The predicted molar refractivity (Wildman–Crippen MR) is 76.9 cm³/mol. The maximum atomic E-state index is 11.2. The van der Waals surface area contributed by atoms with Gasteiger partial charge in [0.15, 0.2) is 0 Å². The number of methoxy groups -OCH3 is 1. The number of carboxylic acid groups (broad SMARTS) is 1. The third kappa shape index (κ3) is 1.83. The van der Waals surface area contributed by atoms with Gasteiger partial charge in [-0.1, -0.05) is 0 Å². The van der Waals surface area contributed by atoms with Crippen molar-refractivity contribution >= 4 is 33.0 Å². The number of carbonyl (C=O) groups is 1. The highest BCUT2D eigenvalue weighted by Gasteiger charge is 2.24. The van der Waals surface area contributed by atoms with E-state index in [2.05, 4.69) is 6.07 Å². The van der Waals surface area contributed by atoms with Crippen LogP contribution in [0.3, 0.4) is 0 Å². The van der Waals surface area contributed by atoms with Crippen molar-refractivity contribution in [2.45, 2.75) is 19.8 Å². The van der Waals surface area contributed by atoms with Gasteiger partial charge < -0.3 is 9.84 Å². The lowest BCUT2D eigenvalue weighted by Gasteiger charge is -2.15. The number of aliphatic carboxylic acids is 1. The molecule has 98 valence electrons. The lowest BCUT2D eigenvalue weighted by molar-refractivity contribution is -0.132. The first kappa shape index (κ1) is 12.2. The number of aryl methyl sites for hydroxylation is 1. The number of hydrogen-bond donors (Lipinski definition) is 1. The van der Waals surface area contributed by atoms with E-state index in [9.17, 15) is 9.90 Å². The summed E-state index contributed by atoms with van der Waals surface area (Å²) in [6, 6.07) is 6.05. The van der Waals surface area contributed by atoms with Crippen molar-refractivity contribution < 1.29 is 14.6 Å². The second-order valence-corrected chi connectivity index (χ2v) is 5.73. The Hall–Kier alpha value is -1.81. The van der Waals surface area contributed by atoms with E-state index in [1.165, 1.54) is 10.9 Å². The van der Waals surface area contributed by atoms with Gasteiger partial charge in [0.1, 0.15) is 5.75 Å². The first-order chi connectivity index (χ1) is 9.11. The summed E-state index contributed by atoms with van der Waals surface area (Å²) in [7, 11) is 1.66. The number of ether oxygens (including phenoxy) is 1. The van der Waals surface area contributed by atoms with Crippen LogP contribution in [-0.2, 0) is 11.2 Å². The molecule has 0 bridgehead atoms. The van der Waals surface area contributed by atoms with Gasteiger partial charge in [0.25, 0.3) is 0 Å². The van der Waals surface area contributed by atoms with Crippen molar-refractivity contribution in [3.8, 4) is 5.75 Å². The summed E-state index contributed by atoms with van der Waals surface area (Å²) in [4.78, 5) is 12.3. The van der Waals surface area contributed by atoms with Crippen LogP contribution in [0.4, 0.5) is 0 Å². The summed E-state index contributed by atoms with van der Waals surface area (Å²) < 4.78 is 6.40. The van der Waals surface area contributed by atoms with Crippen LogP contribution >= 0.6 is 11.3 Å². The Labute approximate surface area is 115 Å². The Morgan fingerprint density at radius 3 is 2.84 bits per heavy atom. The summed E-state index contributed by atoms with van der Waals surface area (Å²) >= 11 is 1.66. The highest BCUT2D eigenvalue weighted by atomic mass is 32.1. The molecule has 0 unspecified atom stereocenters. The Morgan fingerprint density at radius 2 is 2.16 bits per heavy atom. The molecule has 1 N–H and O–H groups in total. The number of hydrogen-bond acceptors (Lipinski definition) is 3. The minimum absolute atomic E-state index is 0.547. The Bertz CT molecular complexity index is 709. The van der Waals surface area contributed by atoms with Gasteiger partial charge in [0, 0.05) is 15.2 Å². The molecule has 1 aromatic carbocycles. The molecule has 19 heavy (non-hydrogen) atoms. The normalized spacial score (nSPS) is 14.6. The van der Waals surface area contributed by atoms with Gasteiger partial charge in [0.05, 0.1) is 7.11 Å². The van der Waals surface area contributed by atoms with Crippen molar-refractivity contribution in [3.05, 3.63) is 34.2 Å². The number of thiophene rings is 1. The minimum Gasteiger partial charge on any atom is -0.497 e. The fourth-order valence-corrected chi connectivity index (χ4v) is 3.96. The fourth-order valence-electron chi connectivity index (χ4n) is 2.65. The zero-order chi connectivity index (χ0) is 13.6. The smallest absolute Gasteiger partial charge is 0.331 e. The molecule has 0 aliphatic heterocycles. The quantitative estimate of drug-likeness (QED) is 0.908. The van der Waals surface area contributed by atoms with Gasteiger partial charge in [-0.3, -0.25) is 0 Å². The SMILES string of the molecule is COc1ccc2c3c(sc2c1)C(C)=C(C(=O)O)CC3. The van der Waals surface area contributed by atoms with Crippen molar-refractivity contribution in [1.29, 1.82) is 0 Å². The maximum absolute atomic E-state index is 11.2. The van der Waals surface area contributed by atoms with Gasteiger partial charge in [-0.05, 0) is 54.5 Å². The second-order valence-electron chi connectivity index (χ2n) is 4.68. The van der Waals surface area contributed by atoms with Gasteiger partial charge in [-0.15, -0.1) is 11.3 Å². The number of benzene rings is 1. The van der Waals surface area contributed by atoms with Crippen molar-refractivity contribution in [1.82, 2.24) is 0 Å². The van der Waals surface area contributed by atoms with Crippen LogP contribution in [0.15, 0.2) is 23.8 Å². The van der Waals surface area contributed by atoms with E-state index in [0.29, 0.717) is 12.0 Å². The van der Waals surface area contributed by atoms with E-state index in [0.717, 1.165) is 27.3 Å². The van der Waals surface area contributed by atoms with Crippen molar-refractivity contribution in [3.63, 3.8) is 0 Å². The number of carboxylic acids is 1. The average molecular weight is 274 g/mol. The molecule has 1 aliphatic carbocycles. The first-order valence-electron chi connectivity index (χ1n) is 6.14. The molecule has 0 spiro atoms.